The maximum atomic E-state index is 13.1. The largest absolute Gasteiger partial charge is 0.295 e. The lowest BCUT2D eigenvalue weighted by Gasteiger charge is -2.01. The molecule has 1 N–H and O–H groups in total. The first-order chi connectivity index (χ1) is 14.3. The van der Waals surface area contributed by atoms with Gasteiger partial charge in [0.1, 0.15) is 17.2 Å². The zero-order valence-electron chi connectivity index (χ0n) is 15.4. The first-order valence-corrected chi connectivity index (χ1v) is 9.04. The highest BCUT2D eigenvalue weighted by Gasteiger charge is 2.19. The number of aromatic nitrogens is 6. The number of pyridine rings is 1. The molecule has 0 atom stereocenters. The molecule has 0 fully saturated rings. The Labute approximate surface area is 164 Å². The van der Waals surface area contributed by atoms with Crippen molar-refractivity contribution in [3.05, 3.63) is 83.7 Å². The van der Waals surface area contributed by atoms with E-state index < -0.39 is 0 Å². The normalized spacial score (nSPS) is 11.7. The van der Waals surface area contributed by atoms with E-state index in [0.717, 1.165) is 11.1 Å². The fraction of sp³-hybridized carbons (Fsp3) is 0.0476. The van der Waals surface area contributed by atoms with E-state index in [1.807, 2.05) is 48.8 Å². The number of rotatable bonds is 4. The smallest absolute Gasteiger partial charge is 0.265 e. The van der Waals surface area contributed by atoms with Gasteiger partial charge < -0.3 is 0 Å². The van der Waals surface area contributed by atoms with Gasteiger partial charge in [-0.1, -0.05) is 18.2 Å². The number of hydrogen-bond acceptors (Lipinski definition) is 5. The number of nitrogens with one attached hydrogen (secondary N) is 1. The maximum absolute atomic E-state index is 13.1. The highest BCUT2D eigenvalue weighted by molar-refractivity contribution is 6.04. The summed E-state index contributed by atoms with van der Waals surface area (Å²) in [4.78, 5) is 30.0. The average Bonchev–Trinajstić information content (AvgIpc) is 3.06. The van der Waals surface area contributed by atoms with Crippen LogP contribution >= 0.6 is 0 Å². The summed E-state index contributed by atoms with van der Waals surface area (Å²) in [5.74, 6) is 0. The summed E-state index contributed by atoms with van der Waals surface area (Å²) in [5, 5.41) is 4.95. The number of H-pyrrole nitrogens is 1. The summed E-state index contributed by atoms with van der Waals surface area (Å²) < 4.78 is 3.06. The number of aromatic amines is 1. The van der Waals surface area contributed by atoms with Gasteiger partial charge in [-0.15, -0.1) is 6.58 Å². The molecule has 0 aliphatic rings. The summed E-state index contributed by atoms with van der Waals surface area (Å²) in [6, 6.07) is 11.3. The van der Waals surface area contributed by atoms with Gasteiger partial charge in [0, 0.05) is 24.2 Å². The van der Waals surface area contributed by atoms with E-state index in [-0.39, 0.29) is 5.56 Å². The second-order valence-corrected chi connectivity index (χ2v) is 6.46. The molecule has 0 spiro atoms. The molecule has 0 aliphatic heterocycles. The molecule has 4 heterocycles. The minimum Gasteiger partial charge on any atom is -0.295 e. The van der Waals surface area contributed by atoms with Gasteiger partial charge in [-0.3, -0.25) is 9.36 Å². The summed E-state index contributed by atoms with van der Waals surface area (Å²) in [5.41, 5.74) is 3.51. The lowest BCUT2D eigenvalue weighted by molar-refractivity contribution is -0.378. The first-order valence-electron chi connectivity index (χ1n) is 9.04. The predicted molar refractivity (Wildman–Crippen MR) is 111 cm³/mol. The van der Waals surface area contributed by atoms with E-state index >= 15 is 0 Å². The second-order valence-electron chi connectivity index (χ2n) is 6.46. The molecule has 5 rings (SSSR count). The monoisotopic (exact) mass is 382 g/mol. The molecular weight excluding hydrogens is 366 g/mol. The molecule has 4 aromatic heterocycles. The fourth-order valence-corrected chi connectivity index (χ4v) is 3.24. The minimum atomic E-state index is -0.201. The summed E-state index contributed by atoms with van der Waals surface area (Å²) in [7, 11) is 0. The molecule has 140 valence electrons. The topological polar surface area (TPSA) is 92.1 Å². The Balaban J connectivity index is 1.87. The molecule has 5 aromatic rings. The van der Waals surface area contributed by atoms with Crippen LogP contribution in [0.4, 0.5) is 0 Å². The van der Waals surface area contributed by atoms with Crippen molar-refractivity contribution >= 4 is 39.4 Å². The number of benzene rings is 1. The molecule has 0 bridgehead atoms. The average molecular weight is 382 g/mol. The maximum Gasteiger partial charge on any atom is 0.265 e. The van der Waals surface area contributed by atoms with E-state index in [2.05, 4.69) is 21.6 Å². The van der Waals surface area contributed by atoms with Gasteiger partial charge in [-0.25, -0.2) is 19.9 Å². The third-order valence-corrected chi connectivity index (χ3v) is 4.60. The van der Waals surface area contributed by atoms with Crippen molar-refractivity contribution in [2.45, 2.75) is 6.54 Å². The molecule has 8 nitrogen and oxygen atoms in total. The van der Waals surface area contributed by atoms with Gasteiger partial charge in [-0.05, 0) is 12.1 Å². The molecule has 0 radical (unpaired) electrons. The number of hydrogen-bond donors (Lipinski definition) is 0. The number of allylic oxidation sites excluding steroid dienone is 1. The zero-order chi connectivity index (χ0) is 19.8. The van der Waals surface area contributed by atoms with E-state index in [0.29, 0.717) is 34.3 Å². The van der Waals surface area contributed by atoms with E-state index in [4.69, 9.17) is 9.97 Å². The molecule has 8 heteroatoms. The van der Waals surface area contributed by atoms with E-state index in [1.54, 1.807) is 17.0 Å². The van der Waals surface area contributed by atoms with Crippen LogP contribution in [-0.4, -0.2) is 30.4 Å². The Morgan fingerprint density at radius 3 is 2.59 bits per heavy atom. The SMILES string of the molecule is C=CCn1cnc2c(c1=O)c1nc3ccccc3nc1n2/N=C\c1cc[nH+]cc1. The van der Waals surface area contributed by atoms with Crippen molar-refractivity contribution in [1.29, 1.82) is 0 Å². The Morgan fingerprint density at radius 2 is 1.83 bits per heavy atom. The van der Waals surface area contributed by atoms with E-state index in [1.165, 1.54) is 10.9 Å². The quantitative estimate of drug-likeness (QED) is 0.352. The highest BCUT2D eigenvalue weighted by atomic mass is 16.1. The van der Waals surface area contributed by atoms with Crippen LogP contribution < -0.4 is 10.5 Å². The van der Waals surface area contributed by atoms with Crippen LogP contribution in [0.25, 0.3) is 33.2 Å². The standard InChI is InChI=1S/C21H15N7O/c1-2-11-27-13-23-19-17(21(27)29)18-20(26-16-6-4-3-5-15(16)25-18)28(19)24-12-14-7-9-22-10-8-14/h2-10,12-13H,1,11H2/p+1/b24-12-. The molecule has 0 saturated carbocycles. The molecule has 0 amide bonds. The van der Waals surface area contributed by atoms with Gasteiger partial charge in [0.05, 0.1) is 17.2 Å². The first kappa shape index (κ1) is 16.9. The molecule has 1 aromatic carbocycles. The van der Waals surface area contributed by atoms with Crippen LogP contribution in [0.5, 0.6) is 0 Å². The molecule has 29 heavy (non-hydrogen) atoms. The Kier molecular flexibility index (Phi) is 3.94. The van der Waals surface area contributed by atoms with Gasteiger partial charge in [0.2, 0.25) is 0 Å². The van der Waals surface area contributed by atoms with Crippen LogP contribution in [-0.2, 0) is 6.54 Å². The zero-order valence-corrected chi connectivity index (χ0v) is 15.4. The number of fused-ring (bicyclic) bond motifs is 4. The summed E-state index contributed by atoms with van der Waals surface area (Å²) in [6.45, 7) is 4.06. The Bertz CT molecular complexity index is 1470. The van der Waals surface area contributed by atoms with Gasteiger partial charge in [0.25, 0.3) is 5.56 Å². The number of para-hydroxylation sites is 2. The van der Waals surface area contributed by atoms with Crippen LogP contribution in [0, 0.1) is 0 Å². The summed E-state index contributed by atoms with van der Waals surface area (Å²) >= 11 is 0. The third kappa shape index (κ3) is 2.78. The molecular formula is C21H16N7O+. The van der Waals surface area contributed by atoms with Crippen molar-refractivity contribution in [3.8, 4) is 0 Å². The lowest BCUT2D eigenvalue weighted by Crippen LogP contribution is -2.19. The van der Waals surface area contributed by atoms with Crippen molar-refractivity contribution < 1.29 is 4.98 Å². The van der Waals surface area contributed by atoms with Crippen molar-refractivity contribution in [2.24, 2.45) is 5.10 Å². The minimum absolute atomic E-state index is 0.201. The highest BCUT2D eigenvalue weighted by Crippen LogP contribution is 2.24. The van der Waals surface area contributed by atoms with Crippen LogP contribution in [0.2, 0.25) is 0 Å². The van der Waals surface area contributed by atoms with Gasteiger partial charge in [0.15, 0.2) is 23.7 Å². The second kappa shape index (κ2) is 6.75. The van der Waals surface area contributed by atoms with Crippen LogP contribution in [0.3, 0.4) is 0 Å². The van der Waals surface area contributed by atoms with Crippen LogP contribution in [0.15, 0.2) is 77.7 Å². The molecule has 0 aliphatic carbocycles. The van der Waals surface area contributed by atoms with Crippen molar-refractivity contribution in [1.82, 2.24) is 24.2 Å². The fourth-order valence-electron chi connectivity index (χ4n) is 3.24. The van der Waals surface area contributed by atoms with Gasteiger partial charge >= 0.3 is 0 Å². The Hall–Kier alpha value is -4.20. The van der Waals surface area contributed by atoms with Crippen molar-refractivity contribution in [2.75, 3.05) is 0 Å². The lowest BCUT2D eigenvalue weighted by atomic mass is 10.3. The molecule has 0 saturated heterocycles. The van der Waals surface area contributed by atoms with Gasteiger partial charge in [-0.2, -0.15) is 9.78 Å². The third-order valence-electron chi connectivity index (χ3n) is 4.60. The van der Waals surface area contributed by atoms with Crippen molar-refractivity contribution in [3.63, 3.8) is 0 Å². The Morgan fingerprint density at radius 1 is 1.07 bits per heavy atom. The summed E-state index contributed by atoms with van der Waals surface area (Å²) in [6.07, 6.45) is 8.47. The predicted octanol–water partition coefficient (Wildman–Crippen LogP) is 2.18. The number of nitrogens with zero attached hydrogens (tertiary/aromatic N) is 6. The van der Waals surface area contributed by atoms with E-state index in [9.17, 15) is 4.79 Å². The van der Waals surface area contributed by atoms with Crippen LogP contribution in [0.1, 0.15) is 5.56 Å². The molecule has 0 unspecified atom stereocenters.